The van der Waals surface area contributed by atoms with Crippen LogP contribution in [0.15, 0.2) is 15.3 Å². The Balaban J connectivity index is 2.27. The van der Waals surface area contributed by atoms with Crippen LogP contribution in [0, 0.1) is 13.8 Å². The van der Waals surface area contributed by atoms with E-state index in [2.05, 4.69) is 11.8 Å². The molecule has 21 heavy (non-hydrogen) atoms. The highest BCUT2D eigenvalue weighted by Crippen LogP contribution is 2.39. The molecule has 0 amide bonds. The Kier molecular flexibility index (Phi) is 3.68. The molecule has 0 bridgehead atoms. The van der Waals surface area contributed by atoms with E-state index in [9.17, 15) is 4.79 Å². The van der Waals surface area contributed by atoms with Crippen LogP contribution >= 0.6 is 11.6 Å². The van der Waals surface area contributed by atoms with Crippen LogP contribution in [0.25, 0.3) is 11.0 Å². The molecule has 0 N–H and O–H groups in total. The van der Waals surface area contributed by atoms with E-state index in [4.69, 9.17) is 20.8 Å². The molecule has 1 aromatic heterocycles. The molecular formula is C16H18ClNO3. The van der Waals surface area contributed by atoms with Crippen molar-refractivity contribution < 1.29 is 9.15 Å². The van der Waals surface area contributed by atoms with Crippen LogP contribution in [-0.2, 0) is 6.54 Å². The number of halogens is 1. The third-order valence-corrected chi connectivity index (χ3v) is 4.34. The first-order chi connectivity index (χ1) is 10.0. The first-order valence-corrected chi connectivity index (χ1v) is 7.51. The van der Waals surface area contributed by atoms with E-state index in [-0.39, 0.29) is 5.63 Å². The summed E-state index contributed by atoms with van der Waals surface area (Å²) >= 11 is 6.35. The lowest BCUT2D eigenvalue weighted by atomic mass is 10.0. The highest BCUT2D eigenvalue weighted by molar-refractivity contribution is 6.33. The van der Waals surface area contributed by atoms with Gasteiger partial charge in [-0.15, -0.1) is 0 Å². The molecule has 0 fully saturated rings. The lowest BCUT2D eigenvalue weighted by molar-refractivity contribution is 0.0958. The van der Waals surface area contributed by atoms with Crippen LogP contribution in [0.2, 0.25) is 5.02 Å². The maximum atomic E-state index is 12.0. The number of benzene rings is 1. The van der Waals surface area contributed by atoms with Crippen molar-refractivity contribution in [3.05, 3.63) is 38.2 Å². The maximum absolute atomic E-state index is 12.0. The number of aryl methyl sites for hydroxylation is 1. The monoisotopic (exact) mass is 307 g/mol. The van der Waals surface area contributed by atoms with E-state index in [1.54, 1.807) is 6.92 Å². The van der Waals surface area contributed by atoms with E-state index in [0.717, 1.165) is 29.5 Å². The molecule has 0 saturated carbocycles. The Bertz CT molecular complexity index is 766. The molecule has 0 atom stereocenters. The molecule has 0 radical (unpaired) electrons. The Morgan fingerprint density at radius 3 is 2.81 bits per heavy atom. The fraction of sp³-hybridized carbons (Fsp3) is 0.438. The largest absolute Gasteiger partial charge is 0.476 e. The van der Waals surface area contributed by atoms with Crippen LogP contribution in [0.1, 0.15) is 30.0 Å². The van der Waals surface area contributed by atoms with Crippen molar-refractivity contribution in [1.82, 2.24) is 4.90 Å². The zero-order valence-electron chi connectivity index (χ0n) is 12.5. The molecule has 0 aliphatic carbocycles. The molecule has 2 aromatic rings. The first kappa shape index (κ1) is 14.4. The molecule has 1 aromatic carbocycles. The van der Waals surface area contributed by atoms with Gasteiger partial charge in [0.1, 0.15) is 18.1 Å². The van der Waals surface area contributed by atoms with Gasteiger partial charge in [-0.2, -0.15) is 0 Å². The van der Waals surface area contributed by atoms with Gasteiger partial charge in [-0.25, -0.2) is 4.79 Å². The molecule has 0 saturated heterocycles. The highest BCUT2D eigenvalue weighted by Gasteiger charge is 2.25. The zero-order valence-corrected chi connectivity index (χ0v) is 13.2. The summed E-state index contributed by atoms with van der Waals surface area (Å²) in [5.41, 5.74) is 2.72. The van der Waals surface area contributed by atoms with E-state index in [0.29, 0.717) is 35.2 Å². The molecule has 1 aliphatic rings. The number of ether oxygens (including phenoxy) is 1. The van der Waals surface area contributed by atoms with Crippen molar-refractivity contribution in [1.29, 1.82) is 0 Å². The molecule has 0 spiro atoms. The zero-order chi connectivity index (χ0) is 15.1. The SMILES string of the molecule is CCCN1COc2c(Cl)cc3c(C)c(C)c(=O)oc3c2C1. The molecule has 3 rings (SSSR count). The summed E-state index contributed by atoms with van der Waals surface area (Å²) in [6.45, 7) is 7.95. The third-order valence-electron chi connectivity index (χ3n) is 4.06. The van der Waals surface area contributed by atoms with Crippen molar-refractivity contribution >= 4 is 22.6 Å². The molecule has 5 heteroatoms. The van der Waals surface area contributed by atoms with E-state index in [1.807, 2.05) is 13.0 Å². The van der Waals surface area contributed by atoms with Crippen LogP contribution in [-0.4, -0.2) is 18.2 Å². The van der Waals surface area contributed by atoms with Crippen LogP contribution in [0.3, 0.4) is 0 Å². The van der Waals surface area contributed by atoms with Crippen LogP contribution in [0.5, 0.6) is 5.75 Å². The second-order valence-corrected chi connectivity index (χ2v) is 5.92. The highest BCUT2D eigenvalue weighted by atomic mass is 35.5. The first-order valence-electron chi connectivity index (χ1n) is 7.13. The predicted molar refractivity (Wildman–Crippen MR) is 83.2 cm³/mol. The second kappa shape index (κ2) is 5.35. The predicted octanol–water partition coefficient (Wildman–Crippen LogP) is 3.63. The normalized spacial score (nSPS) is 15.0. The number of hydrogen-bond acceptors (Lipinski definition) is 4. The number of fused-ring (bicyclic) bond motifs is 3. The van der Waals surface area contributed by atoms with Gasteiger partial charge in [0.2, 0.25) is 0 Å². The van der Waals surface area contributed by atoms with Crippen molar-refractivity contribution in [2.24, 2.45) is 0 Å². The lowest BCUT2D eigenvalue weighted by Crippen LogP contribution is -2.33. The van der Waals surface area contributed by atoms with Crippen LogP contribution in [0.4, 0.5) is 0 Å². The van der Waals surface area contributed by atoms with Gasteiger partial charge in [0.05, 0.1) is 10.6 Å². The van der Waals surface area contributed by atoms with Gasteiger partial charge in [0, 0.05) is 24.0 Å². The van der Waals surface area contributed by atoms with E-state index in [1.165, 1.54) is 0 Å². The fourth-order valence-electron chi connectivity index (χ4n) is 2.77. The van der Waals surface area contributed by atoms with Gasteiger partial charge < -0.3 is 9.15 Å². The number of rotatable bonds is 2. The van der Waals surface area contributed by atoms with Gasteiger partial charge in [0.25, 0.3) is 0 Å². The average Bonchev–Trinajstić information content (AvgIpc) is 2.47. The molecule has 1 aliphatic heterocycles. The minimum Gasteiger partial charge on any atom is -0.476 e. The summed E-state index contributed by atoms with van der Waals surface area (Å²) in [6.07, 6.45) is 1.04. The summed E-state index contributed by atoms with van der Waals surface area (Å²) in [4.78, 5) is 14.2. The van der Waals surface area contributed by atoms with Gasteiger partial charge >= 0.3 is 5.63 Å². The maximum Gasteiger partial charge on any atom is 0.339 e. The van der Waals surface area contributed by atoms with Gasteiger partial charge in [-0.1, -0.05) is 18.5 Å². The Hall–Kier alpha value is -1.52. The van der Waals surface area contributed by atoms with Gasteiger partial charge in [0.15, 0.2) is 0 Å². The Morgan fingerprint density at radius 1 is 1.33 bits per heavy atom. The Labute approximate surface area is 128 Å². The Morgan fingerprint density at radius 2 is 2.10 bits per heavy atom. The number of nitrogens with zero attached hydrogens (tertiary/aromatic N) is 1. The standard InChI is InChI=1S/C16H18ClNO3/c1-4-5-18-7-12-14-11(6-13(17)15(12)20-8-18)9(2)10(3)16(19)21-14/h6H,4-5,7-8H2,1-3H3. The lowest BCUT2D eigenvalue weighted by Gasteiger charge is -2.29. The molecular weight excluding hydrogens is 290 g/mol. The van der Waals surface area contributed by atoms with Crippen molar-refractivity contribution in [3.8, 4) is 5.75 Å². The summed E-state index contributed by atoms with van der Waals surface area (Å²) < 4.78 is 11.3. The average molecular weight is 308 g/mol. The summed E-state index contributed by atoms with van der Waals surface area (Å²) in [7, 11) is 0. The third kappa shape index (κ3) is 2.32. The van der Waals surface area contributed by atoms with Crippen LogP contribution < -0.4 is 10.4 Å². The van der Waals surface area contributed by atoms with Crippen molar-refractivity contribution in [3.63, 3.8) is 0 Å². The quantitative estimate of drug-likeness (QED) is 0.795. The topological polar surface area (TPSA) is 42.7 Å². The summed E-state index contributed by atoms with van der Waals surface area (Å²) in [5, 5.41) is 1.46. The van der Waals surface area contributed by atoms with Gasteiger partial charge in [-0.3, -0.25) is 4.90 Å². The van der Waals surface area contributed by atoms with Crippen molar-refractivity contribution in [2.45, 2.75) is 33.7 Å². The smallest absolute Gasteiger partial charge is 0.339 e. The second-order valence-electron chi connectivity index (χ2n) is 5.51. The van der Waals surface area contributed by atoms with Gasteiger partial charge in [-0.05, 0) is 31.9 Å². The van der Waals surface area contributed by atoms with Crippen molar-refractivity contribution in [2.75, 3.05) is 13.3 Å². The minimum absolute atomic E-state index is 0.294. The van der Waals surface area contributed by atoms with E-state index < -0.39 is 0 Å². The fourth-order valence-corrected chi connectivity index (χ4v) is 3.05. The number of hydrogen-bond donors (Lipinski definition) is 0. The molecule has 0 unspecified atom stereocenters. The summed E-state index contributed by atoms with van der Waals surface area (Å²) in [6, 6.07) is 1.83. The molecule has 2 heterocycles. The minimum atomic E-state index is -0.294. The molecule has 4 nitrogen and oxygen atoms in total. The molecule has 112 valence electrons. The van der Waals surface area contributed by atoms with E-state index >= 15 is 0 Å². The summed E-state index contributed by atoms with van der Waals surface area (Å²) in [5.74, 6) is 0.642.